The number of methoxy groups -OCH3 is 1. The molecule has 1 fully saturated rings. The minimum atomic E-state index is -0.806. The number of carbonyl (C=O) groups is 2. The molecule has 19 heavy (non-hydrogen) atoms. The van der Waals surface area contributed by atoms with Crippen molar-refractivity contribution < 1.29 is 14.3 Å². The van der Waals surface area contributed by atoms with Crippen molar-refractivity contribution in [2.45, 2.75) is 19.3 Å². The van der Waals surface area contributed by atoms with E-state index in [-0.39, 0.29) is 11.8 Å². The second-order valence-electron chi connectivity index (χ2n) is 5.24. The number of hydrogen-bond acceptors (Lipinski definition) is 4. The molecule has 0 unspecified atom stereocenters. The van der Waals surface area contributed by atoms with Gasteiger partial charge in [0.25, 0.3) is 0 Å². The van der Waals surface area contributed by atoms with Crippen molar-refractivity contribution >= 4 is 11.8 Å². The van der Waals surface area contributed by atoms with Crippen LogP contribution in [0.15, 0.2) is 0 Å². The lowest BCUT2D eigenvalue weighted by Gasteiger charge is -2.16. The molecule has 0 heterocycles. The van der Waals surface area contributed by atoms with E-state index in [1.807, 2.05) is 19.0 Å². The van der Waals surface area contributed by atoms with Gasteiger partial charge < -0.3 is 20.3 Å². The number of hydrogen-bond donors (Lipinski definition) is 2. The summed E-state index contributed by atoms with van der Waals surface area (Å²) in [6, 6.07) is 0. The summed E-state index contributed by atoms with van der Waals surface area (Å²) >= 11 is 0. The summed E-state index contributed by atoms with van der Waals surface area (Å²) in [7, 11) is 5.52. The van der Waals surface area contributed by atoms with E-state index >= 15 is 0 Å². The highest BCUT2D eigenvalue weighted by Crippen LogP contribution is 2.46. The van der Waals surface area contributed by atoms with Gasteiger partial charge in [-0.2, -0.15) is 0 Å². The Morgan fingerprint density at radius 3 is 2.21 bits per heavy atom. The summed E-state index contributed by atoms with van der Waals surface area (Å²) in [5, 5.41) is 5.64. The maximum absolute atomic E-state index is 12.0. The molecule has 2 N–H and O–H groups in total. The number of nitrogens with zero attached hydrogens (tertiary/aromatic N) is 1. The molecule has 1 aliphatic rings. The van der Waals surface area contributed by atoms with E-state index < -0.39 is 5.41 Å². The number of carbonyl (C=O) groups excluding carboxylic acids is 2. The average molecular weight is 271 g/mol. The maximum atomic E-state index is 12.0. The van der Waals surface area contributed by atoms with E-state index in [0.717, 1.165) is 13.0 Å². The van der Waals surface area contributed by atoms with Crippen LogP contribution in [0, 0.1) is 5.41 Å². The van der Waals surface area contributed by atoms with Crippen molar-refractivity contribution in [3.05, 3.63) is 0 Å². The zero-order valence-corrected chi connectivity index (χ0v) is 12.1. The molecule has 0 aromatic heterocycles. The first-order valence-electron chi connectivity index (χ1n) is 6.73. The fourth-order valence-corrected chi connectivity index (χ4v) is 1.83. The van der Waals surface area contributed by atoms with E-state index in [0.29, 0.717) is 32.5 Å². The lowest BCUT2D eigenvalue weighted by atomic mass is 10.1. The standard InChI is InChI=1S/C13H25N3O3/c1-16(2)9-8-15-12(18)13(5-6-13)11(17)14-7-4-10-19-3/h4-10H2,1-3H3,(H,14,17)(H,15,18). The third kappa shape index (κ3) is 4.80. The predicted octanol–water partition coefficient (Wildman–Crippen LogP) is -0.403. The summed E-state index contributed by atoms with van der Waals surface area (Å²) in [5.41, 5.74) is -0.806. The first kappa shape index (κ1) is 15.9. The Labute approximate surface area is 114 Å². The first-order valence-corrected chi connectivity index (χ1v) is 6.73. The van der Waals surface area contributed by atoms with E-state index in [2.05, 4.69) is 10.6 Å². The van der Waals surface area contributed by atoms with Crippen molar-refractivity contribution in [1.29, 1.82) is 0 Å². The van der Waals surface area contributed by atoms with Gasteiger partial charge in [0.1, 0.15) is 5.41 Å². The highest BCUT2D eigenvalue weighted by atomic mass is 16.5. The SMILES string of the molecule is COCCCNC(=O)C1(C(=O)NCCN(C)C)CC1. The molecular weight excluding hydrogens is 246 g/mol. The van der Waals surface area contributed by atoms with Gasteiger partial charge in [-0.3, -0.25) is 9.59 Å². The van der Waals surface area contributed by atoms with Gasteiger partial charge in [-0.1, -0.05) is 0 Å². The normalized spacial score (nSPS) is 16.2. The van der Waals surface area contributed by atoms with Crippen LogP contribution in [-0.2, 0) is 14.3 Å². The molecule has 1 saturated carbocycles. The molecule has 0 saturated heterocycles. The Morgan fingerprint density at radius 1 is 1.16 bits per heavy atom. The Hall–Kier alpha value is -1.14. The van der Waals surface area contributed by atoms with Crippen molar-refractivity contribution in [2.24, 2.45) is 5.41 Å². The molecular formula is C13H25N3O3. The fraction of sp³-hybridized carbons (Fsp3) is 0.846. The number of rotatable bonds is 9. The summed E-state index contributed by atoms with van der Waals surface area (Å²) < 4.78 is 4.91. The molecule has 0 aliphatic heterocycles. The van der Waals surface area contributed by atoms with E-state index in [1.54, 1.807) is 7.11 Å². The largest absolute Gasteiger partial charge is 0.385 e. The quantitative estimate of drug-likeness (QED) is 0.442. The lowest BCUT2D eigenvalue weighted by Crippen LogP contribution is -2.44. The number of ether oxygens (including phenoxy) is 1. The van der Waals surface area contributed by atoms with Gasteiger partial charge in [0, 0.05) is 33.4 Å². The van der Waals surface area contributed by atoms with Crippen LogP contribution in [0.2, 0.25) is 0 Å². The molecule has 0 radical (unpaired) electrons. The van der Waals surface area contributed by atoms with Gasteiger partial charge in [-0.05, 0) is 33.4 Å². The molecule has 0 atom stereocenters. The van der Waals surface area contributed by atoms with Crippen molar-refractivity contribution in [3.63, 3.8) is 0 Å². The molecule has 0 spiro atoms. The fourth-order valence-electron chi connectivity index (χ4n) is 1.83. The van der Waals surface area contributed by atoms with Crippen LogP contribution in [0.5, 0.6) is 0 Å². The van der Waals surface area contributed by atoms with E-state index in [9.17, 15) is 9.59 Å². The Kier molecular flexibility index (Phi) is 6.24. The topological polar surface area (TPSA) is 70.7 Å². The van der Waals surface area contributed by atoms with Gasteiger partial charge >= 0.3 is 0 Å². The van der Waals surface area contributed by atoms with Crippen LogP contribution in [0.25, 0.3) is 0 Å². The van der Waals surface area contributed by atoms with Gasteiger partial charge in [0.2, 0.25) is 11.8 Å². The molecule has 1 rings (SSSR count). The van der Waals surface area contributed by atoms with Crippen LogP contribution in [0.4, 0.5) is 0 Å². The minimum Gasteiger partial charge on any atom is -0.385 e. The molecule has 0 aromatic carbocycles. The van der Waals surface area contributed by atoms with Crippen molar-refractivity contribution in [2.75, 3.05) is 47.4 Å². The minimum absolute atomic E-state index is 0.140. The zero-order valence-electron chi connectivity index (χ0n) is 12.1. The van der Waals surface area contributed by atoms with Crippen molar-refractivity contribution in [1.82, 2.24) is 15.5 Å². The summed E-state index contributed by atoms with van der Waals surface area (Å²) in [6.45, 7) is 2.52. The van der Waals surface area contributed by atoms with Crippen LogP contribution in [0.3, 0.4) is 0 Å². The number of likely N-dealkylation sites (N-methyl/N-ethyl adjacent to an activating group) is 1. The summed E-state index contributed by atoms with van der Waals surface area (Å²) in [6.07, 6.45) is 2.06. The van der Waals surface area contributed by atoms with E-state index in [1.165, 1.54) is 0 Å². The summed E-state index contributed by atoms with van der Waals surface area (Å²) in [4.78, 5) is 26.0. The van der Waals surface area contributed by atoms with Crippen molar-refractivity contribution in [3.8, 4) is 0 Å². The van der Waals surface area contributed by atoms with Crippen LogP contribution < -0.4 is 10.6 Å². The molecule has 0 aromatic rings. The third-order valence-electron chi connectivity index (χ3n) is 3.27. The molecule has 0 bridgehead atoms. The smallest absolute Gasteiger partial charge is 0.235 e. The van der Waals surface area contributed by atoms with Gasteiger partial charge in [-0.25, -0.2) is 0 Å². The second kappa shape index (κ2) is 7.45. The Morgan fingerprint density at radius 2 is 1.74 bits per heavy atom. The zero-order chi connectivity index (χ0) is 14.3. The Bertz CT molecular complexity index is 314. The molecule has 6 nitrogen and oxygen atoms in total. The molecule has 6 heteroatoms. The third-order valence-corrected chi connectivity index (χ3v) is 3.27. The van der Waals surface area contributed by atoms with Crippen LogP contribution >= 0.6 is 0 Å². The highest BCUT2D eigenvalue weighted by molar-refractivity contribution is 6.07. The highest BCUT2D eigenvalue weighted by Gasteiger charge is 2.56. The first-order chi connectivity index (χ1) is 9.03. The molecule has 2 amide bonds. The van der Waals surface area contributed by atoms with Gasteiger partial charge in [-0.15, -0.1) is 0 Å². The second-order valence-corrected chi connectivity index (χ2v) is 5.24. The number of nitrogens with one attached hydrogen (secondary N) is 2. The predicted molar refractivity (Wildman–Crippen MR) is 72.7 cm³/mol. The van der Waals surface area contributed by atoms with E-state index in [4.69, 9.17) is 4.74 Å². The summed E-state index contributed by atoms with van der Waals surface area (Å²) in [5.74, 6) is -0.287. The average Bonchev–Trinajstić information content (AvgIpc) is 3.15. The van der Waals surface area contributed by atoms with Crippen LogP contribution in [-0.4, -0.2) is 64.2 Å². The number of amides is 2. The Balaban J connectivity index is 2.30. The maximum Gasteiger partial charge on any atom is 0.235 e. The monoisotopic (exact) mass is 271 g/mol. The van der Waals surface area contributed by atoms with Gasteiger partial charge in [0.15, 0.2) is 0 Å². The van der Waals surface area contributed by atoms with Gasteiger partial charge in [0.05, 0.1) is 0 Å². The molecule has 110 valence electrons. The van der Waals surface area contributed by atoms with Crippen LogP contribution in [0.1, 0.15) is 19.3 Å². The lowest BCUT2D eigenvalue weighted by molar-refractivity contribution is -0.137. The molecule has 1 aliphatic carbocycles.